The Bertz CT molecular complexity index is 220. The Morgan fingerprint density at radius 1 is 1.54 bits per heavy atom. The quantitative estimate of drug-likeness (QED) is 0.621. The Balaban J connectivity index is 2.04. The van der Waals surface area contributed by atoms with Gasteiger partial charge in [-0.2, -0.15) is 0 Å². The van der Waals surface area contributed by atoms with Crippen LogP contribution in [-0.2, 0) is 9.53 Å². The molecule has 0 aromatic heterocycles. The van der Waals surface area contributed by atoms with Gasteiger partial charge in [-0.25, -0.2) is 0 Å². The van der Waals surface area contributed by atoms with Gasteiger partial charge in [0.1, 0.15) is 0 Å². The Morgan fingerprint density at radius 2 is 2.31 bits per heavy atom. The molecule has 4 nitrogen and oxygen atoms in total. The van der Waals surface area contributed by atoms with Gasteiger partial charge in [0.25, 0.3) is 0 Å². The summed E-state index contributed by atoms with van der Waals surface area (Å²) in [6, 6.07) is 0.262. The van der Waals surface area contributed by atoms with Crippen molar-refractivity contribution < 1.29 is 9.53 Å². The normalized spacial score (nSPS) is 40.3. The highest BCUT2D eigenvalue weighted by atomic mass is 16.5. The van der Waals surface area contributed by atoms with Crippen molar-refractivity contribution in [1.82, 2.24) is 10.2 Å². The summed E-state index contributed by atoms with van der Waals surface area (Å²) in [4.78, 5) is 13.6. The summed E-state index contributed by atoms with van der Waals surface area (Å²) in [5.74, 6) is 0.211. The van der Waals surface area contributed by atoms with Crippen LogP contribution in [0.5, 0.6) is 0 Å². The van der Waals surface area contributed by atoms with E-state index in [9.17, 15) is 4.79 Å². The van der Waals surface area contributed by atoms with E-state index in [1.54, 1.807) is 0 Å². The topological polar surface area (TPSA) is 41.6 Å². The maximum atomic E-state index is 11.6. The minimum Gasteiger partial charge on any atom is -0.376 e. The molecule has 2 aliphatic rings. The summed E-state index contributed by atoms with van der Waals surface area (Å²) in [7, 11) is 0. The van der Waals surface area contributed by atoms with Gasteiger partial charge in [-0.3, -0.25) is 10.1 Å². The molecule has 74 valence electrons. The van der Waals surface area contributed by atoms with Gasteiger partial charge in [-0.1, -0.05) is 0 Å². The Kier molecular flexibility index (Phi) is 2.26. The molecular weight excluding hydrogens is 168 g/mol. The van der Waals surface area contributed by atoms with Crippen LogP contribution in [0, 0.1) is 0 Å². The monoisotopic (exact) mass is 184 g/mol. The fraction of sp³-hybridized carbons (Fsp3) is 0.889. The summed E-state index contributed by atoms with van der Waals surface area (Å²) in [6.07, 6.45) is 1.16. The van der Waals surface area contributed by atoms with E-state index in [1.165, 1.54) is 0 Å². The van der Waals surface area contributed by atoms with Gasteiger partial charge in [0.15, 0.2) is 0 Å². The molecule has 13 heavy (non-hydrogen) atoms. The zero-order valence-corrected chi connectivity index (χ0v) is 8.12. The molecule has 0 aromatic rings. The second kappa shape index (κ2) is 3.27. The first-order valence-corrected chi connectivity index (χ1v) is 4.85. The Labute approximate surface area is 78.2 Å². The molecule has 4 heteroatoms. The molecule has 2 heterocycles. The van der Waals surface area contributed by atoms with Crippen molar-refractivity contribution in [3.63, 3.8) is 0 Å². The largest absolute Gasteiger partial charge is 0.376 e. The van der Waals surface area contributed by atoms with E-state index in [2.05, 4.69) is 5.32 Å². The molecule has 0 spiro atoms. The van der Waals surface area contributed by atoms with Gasteiger partial charge in [-0.15, -0.1) is 0 Å². The molecule has 2 aliphatic heterocycles. The van der Waals surface area contributed by atoms with Crippen molar-refractivity contribution >= 4 is 5.91 Å². The predicted octanol–water partition coefficient (Wildman–Crippen LogP) is -0.0584. The van der Waals surface area contributed by atoms with Gasteiger partial charge in [0.05, 0.1) is 24.9 Å². The first-order valence-electron chi connectivity index (χ1n) is 4.85. The molecular formula is C9H16N2O2. The van der Waals surface area contributed by atoms with E-state index in [4.69, 9.17) is 4.74 Å². The van der Waals surface area contributed by atoms with Crippen LogP contribution in [0.3, 0.4) is 0 Å². The number of carbonyl (C=O) groups is 1. The van der Waals surface area contributed by atoms with E-state index in [0.717, 1.165) is 13.0 Å². The highest BCUT2D eigenvalue weighted by Gasteiger charge is 2.37. The van der Waals surface area contributed by atoms with Crippen molar-refractivity contribution in [1.29, 1.82) is 0 Å². The fourth-order valence-electron chi connectivity index (χ4n) is 2.06. The van der Waals surface area contributed by atoms with Crippen molar-refractivity contribution in [2.75, 3.05) is 13.3 Å². The number of hydrogen-bond donors (Lipinski definition) is 1. The second-order valence-corrected chi connectivity index (χ2v) is 3.82. The smallest absolute Gasteiger partial charge is 0.240 e. The highest BCUT2D eigenvalue weighted by molar-refractivity contribution is 5.83. The third-order valence-electron chi connectivity index (χ3n) is 2.96. The molecule has 2 fully saturated rings. The van der Waals surface area contributed by atoms with Gasteiger partial charge < -0.3 is 9.64 Å². The van der Waals surface area contributed by atoms with Crippen molar-refractivity contribution in [3.8, 4) is 0 Å². The van der Waals surface area contributed by atoms with Crippen LogP contribution >= 0.6 is 0 Å². The maximum Gasteiger partial charge on any atom is 0.240 e. The summed E-state index contributed by atoms with van der Waals surface area (Å²) >= 11 is 0. The molecule has 0 aliphatic carbocycles. The molecule has 2 rings (SSSR count). The predicted molar refractivity (Wildman–Crippen MR) is 48.1 cm³/mol. The number of nitrogens with zero attached hydrogens (tertiary/aromatic N) is 1. The van der Waals surface area contributed by atoms with Crippen LogP contribution in [0.25, 0.3) is 0 Å². The lowest BCUT2D eigenvalue weighted by Crippen LogP contribution is -2.42. The third-order valence-corrected chi connectivity index (χ3v) is 2.96. The Hall–Kier alpha value is -0.610. The minimum absolute atomic E-state index is 0.0206. The van der Waals surface area contributed by atoms with E-state index < -0.39 is 0 Å². The zero-order chi connectivity index (χ0) is 9.42. The summed E-state index contributed by atoms with van der Waals surface area (Å²) in [6.45, 7) is 5.40. The number of nitrogens with one attached hydrogen (secondary N) is 1. The average Bonchev–Trinajstić information content (AvgIpc) is 2.62. The van der Waals surface area contributed by atoms with Crippen LogP contribution in [0.4, 0.5) is 0 Å². The van der Waals surface area contributed by atoms with Crippen molar-refractivity contribution in [2.45, 2.75) is 38.5 Å². The van der Waals surface area contributed by atoms with Gasteiger partial charge in [0, 0.05) is 6.61 Å². The third kappa shape index (κ3) is 1.44. The number of carbonyl (C=O) groups excluding carboxylic acids is 1. The lowest BCUT2D eigenvalue weighted by molar-refractivity contribution is -0.131. The number of rotatable bonds is 1. The lowest BCUT2D eigenvalue weighted by Gasteiger charge is -2.25. The van der Waals surface area contributed by atoms with Gasteiger partial charge in [0.2, 0.25) is 5.91 Å². The fourth-order valence-corrected chi connectivity index (χ4v) is 2.06. The van der Waals surface area contributed by atoms with Crippen molar-refractivity contribution in [2.24, 2.45) is 0 Å². The van der Waals surface area contributed by atoms with Crippen LogP contribution in [0.2, 0.25) is 0 Å². The molecule has 3 unspecified atom stereocenters. The standard InChI is InChI=1S/C9H16N2O2/c1-6-9(12)11(5-10-6)8-3-4-13-7(8)2/h6-8,10H,3-5H2,1-2H3. The maximum absolute atomic E-state index is 11.6. The van der Waals surface area contributed by atoms with Crippen LogP contribution in [-0.4, -0.2) is 42.3 Å². The lowest BCUT2D eigenvalue weighted by atomic mass is 10.1. The highest BCUT2D eigenvalue weighted by Crippen LogP contribution is 2.21. The molecule has 0 bridgehead atoms. The van der Waals surface area contributed by atoms with E-state index in [1.807, 2.05) is 18.7 Å². The van der Waals surface area contributed by atoms with E-state index in [-0.39, 0.29) is 24.1 Å². The summed E-state index contributed by atoms with van der Waals surface area (Å²) in [5, 5.41) is 3.14. The number of hydrogen-bond acceptors (Lipinski definition) is 3. The van der Waals surface area contributed by atoms with E-state index >= 15 is 0 Å². The molecule has 1 N–H and O–H groups in total. The molecule has 0 saturated carbocycles. The van der Waals surface area contributed by atoms with Crippen molar-refractivity contribution in [3.05, 3.63) is 0 Å². The first kappa shape index (κ1) is 8.97. The molecule has 0 aromatic carbocycles. The molecule has 0 radical (unpaired) electrons. The molecule has 3 atom stereocenters. The second-order valence-electron chi connectivity index (χ2n) is 3.82. The van der Waals surface area contributed by atoms with Gasteiger partial charge in [-0.05, 0) is 20.3 Å². The Morgan fingerprint density at radius 3 is 2.77 bits per heavy atom. The summed E-state index contributed by atoms with van der Waals surface area (Å²) in [5.41, 5.74) is 0. The van der Waals surface area contributed by atoms with Crippen LogP contribution in [0.1, 0.15) is 20.3 Å². The zero-order valence-electron chi connectivity index (χ0n) is 8.12. The van der Waals surface area contributed by atoms with E-state index in [0.29, 0.717) is 6.67 Å². The SMILES string of the molecule is CC1NCN(C2CCOC2C)C1=O. The summed E-state index contributed by atoms with van der Waals surface area (Å²) < 4.78 is 5.44. The molecule has 1 amide bonds. The average molecular weight is 184 g/mol. The van der Waals surface area contributed by atoms with Crippen LogP contribution < -0.4 is 5.32 Å². The first-order chi connectivity index (χ1) is 6.20. The number of ether oxygens (including phenoxy) is 1. The molecule has 2 saturated heterocycles. The van der Waals surface area contributed by atoms with Crippen LogP contribution in [0.15, 0.2) is 0 Å². The van der Waals surface area contributed by atoms with Gasteiger partial charge >= 0.3 is 0 Å². The minimum atomic E-state index is -0.0206. The number of amides is 1.